The molecule has 5 N–H and O–H groups in total. The van der Waals surface area contributed by atoms with Crippen LogP contribution in [0, 0.1) is 0 Å². The fourth-order valence-electron chi connectivity index (χ4n) is 4.33. The van der Waals surface area contributed by atoms with Gasteiger partial charge >= 0.3 is 0 Å². The Morgan fingerprint density at radius 3 is 1.84 bits per heavy atom. The Morgan fingerprint density at radius 2 is 1.27 bits per heavy atom. The molecule has 6 rings (SSSR count). The van der Waals surface area contributed by atoms with Gasteiger partial charge in [0.15, 0.2) is 0 Å². The second-order valence-corrected chi connectivity index (χ2v) is 10.3. The van der Waals surface area contributed by atoms with Crippen molar-refractivity contribution in [3.8, 4) is 0 Å². The van der Waals surface area contributed by atoms with Crippen LogP contribution in [0.4, 0.5) is 17.5 Å². The standard InChI is InChI=1S/C14H14ClN5O.C7H6Cl2N2.C7H9N3O.ClH/c15-14-18-10-5-3-4-9(10)13(20-14)17-8-12(21)19-11-6-1-2-7-16-11;8-6-4-2-1-3-5(4)10-7(9)11-6;8-5-7(11)10-6-3-1-2-4-9-6;/h1-2,6-7H,3-5,8H2,(H,16,19,21)(H,17,18,20);1-3H2;1-4H,5,8H2,(H,9,10,11);1H. The Balaban J connectivity index is 0.000000195. The molecule has 2 aliphatic rings. The lowest BCUT2D eigenvalue weighted by Crippen LogP contribution is -2.23. The molecule has 0 aliphatic heterocycles. The highest BCUT2D eigenvalue weighted by atomic mass is 35.5. The second-order valence-electron chi connectivity index (χ2n) is 9.27. The maximum Gasteiger partial charge on any atom is 0.244 e. The molecular weight excluding hydrogens is 650 g/mol. The predicted molar refractivity (Wildman–Crippen MR) is 174 cm³/mol. The number of carbonyl (C=O) groups is 2. The van der Waals surface area contributed by atoms with E-state index in [-0.39, 0.29) is 47.9 Å². The Bertz CT molecular complexity index is 1550. The smallest absolute Gasteiger partial charge is 0.244 e. The third kappa shape index (κ3) is 10.5. The Morgan fingerprint density at radius 1 is 0.727 bits per heavy atom. The fraction of sp³-hybridized carbons (Fsp3) is 0.286. The van der Waals surface area contributed by atoms with E-state index in [1.54, 1.807) is 42.7 Å². The number of hydrogen-bond acceptors (Lipinski definition) is 10. The number of aromatic nitrogens is 6. The molecule has 0 fully saturated rings. The summed E-state index contributed by atoms with van der Waals surface area (Å²) < 4.78 is 0. The zero-order valence-electron chi connectivity index (χ0n) is 23.4. The summed E-state index contributed by atoms with van der Waals surface area (Å²) in [4.78, 5) is 46.8. The minimum Gasteiger partial charge on any atom is -0.361 e. The number of aryl methyl sites for hydroxylation is 2. The van der Waals surface area contributed by atoms with Crippen molar-refractivity contribution < 1.29 is 9.59 Å². The van der Waals surface area contributed by atoms with Crippen LogP contribution in [0.3, 0.4) is 0 Å². The number of rotatable bonds is 6. The average Bonchev–Trinajstić information content (AvgIpc) is 3.67. The summed E-state index contributed by atoms with van der Waals surface area (Å²) in [5.74, 6) is 1.29. The maximum atomic E-state index is 11.9. The van der Waals surface area contributed by atoms with Gasteiger partial charge in [0.25, 0.3) is 0 Å². The monoisotopic (exact) mass is 678 g/mol. The first kappa shape index (κ1) is 34.8. The summed E-state index contributed by atoms with van der Waals surface area (Å²) in [6, 6.07) is 10.6. The van der Waals surface area contributed by atoms with Crippen molar-refractivity contribution in [2.45, 2.75) is 38.5 Å². The van der Waals surface area contributed by atoms with E-state index in [0.29, 0.717) is 22.6 Å². The highest BCUT2D eigenvalue weighted by Crippen LogP contribution is 2.28. The summed E-state index contributed by atoms with van der Waals surface area (Å²) in [5, 5.41) is 9.25. The summed E-state index contributed by atoms with van der Waals surface area (Å²) in [6.45, 7) is 0.0902. The molecule has 0 saturated carbocycles. The largest absolute Gasteiger partial charge is 0.361 e. The first-order valence-electron chi connectivity index (χ1n) is 13.4. The van der Waals surface area contributed by atoms with Gasteiger partial charge in [0.2, 0.25) is 22.4 Å². The van der Waals surface area contributed by atoms with Crippen molar-refractivity contribution >= 4 is 76.5 Å². The molecular formula is C28H30Cl4N10O2. The van der Waals surface area contributed by atoms with Gasteiger partial charge in [-0.1, -0.05) is 23.7 Å². The lowest BCUT2D eigenvalue weighted by molar-refractivity contribution is -0.115. The zero-order chi connectivity index (χ0) is 30.6. The molecule has 0 radical (unpaired) electrons. The third-order valence-corrected chi connectivity index (χ3v) is 6.88. The van der Waals surface area contributed by atoms with E-state index in [4.69, 9.17) is 40.5 Å². The topological polar surface area (TPSA) is 174 Å². The highest BCUT2D eigenvalue weighted by molar-refractivity contribution is 6.32. The fourth-order valence-corrected chi connectivity index (χ4v) is 5.03. The molecule has 232 valence electrons. The molecule has 12 nitrogen and oxygen atoms in total. The number of carbonyl (C=O) groups excluding carboxylic acids is 2. The number of anilines is 3. The molecule has 16 heteroatoms. The molecule has 2 aliphatic carbocycles. The van der Waals surface area contributed by atoms with Crippen molar-refractivity contribution in [1.82, 2.24) is 29.9 Å². The van der Waals surface area contributed by atoms with Gasteiger partial charge in [-0.2, -0.15) is 0 Å². The van der Waals surface area contributed by atoms with Gasteiger partial charge in [0, 0.05) is 23.5 Å². The van der Waals surface area contributed by atoms with Crippen LogP contribution in [0.2, 0.25) is 15.7 Å². The zero-order valence-corrected chi connectivity index (χ0v) is 26.5. The van der Waals surface area contributed by atoms with E-state index in [1.165, 1.54) is 0 Å². The van der Waals surface area contributed by atoms with E-state index >= 15 is 0 Å². The van der Waals surface area contributed by atoms with E-state index < -0.39 is 0 Å². The summed E-state index contributed by atoms with van der Waals surface area (Å²) in [5.41, 5.74) is 9.22. The van der Waals surface area contributed by atoms with Crippen molar-refractivity contribution in [1.29, 1.82) is 0 Å². The Kier molecular flexibility index (Phi) is 13.9. The second kappa shape index (κ2) is 17.6. The molecule has 44 heavy (non-hydrogen) atoms. The molecule has 0 spiro atoms. The number of nitrogens with one attached hydrogen (secondary N) is 3. The van der Waals surface area contributed by atoms with Crippen LogP contribution in [-0.4, -0.2) is 54.8 Å². The Hall–Kier alpha value is -3.68. The van der Waals surface area contributed by atoms with Crippen molar-refractivity contribution in [2.75, 3.05) is 29.0 Å². The number of nitrogens with two attached hydrogens (primary N) is 1. The van der Waals surface area contributed by atoms with Crippen LogP contribution in [0.5, 0.6) is 0 Å². The van der Waals surface area contributed by atoms with Gasteiger partial charge in [-0.05, 0) is 86.0 Å². The van der Waals surface area contributed by atoms with Crippen LogP contribution in [0.15, 0.2) is 48.8 Å². The molecule has 0 unspecified atom stereocenters. The summed E-state index contributed by atoms with van der Waals surface area (Å²) in [6.07, 6.45) is 9.18. The van der Waals surface area contributed by atoms with E-state index in [1.807, 2.05) is 6.07 Å². The number of nitrogens with zero attached hydrogens (tertiary/aromatic N) is 6. The molecule has 4 aromatic heterocycles. The SMILES string of the molecule is Cl.Clc1nc(Cl)c2c(n1)CCC2.NCC(=O)Nc1ccccn1.O=C(CNc1nc(Cl)nc2c1CCC2)Nc1ccccn1. The van der Waals surface area contributed by atoms with Gasteiger partial charge in [0.05, 0.1) is 24.5 Å². The van der Waals surface area contributed by atoms with Crippen LogP contribution in [0.1, 0.15) is 35.4 Å². The van der Waals surface area contributed by atoms with Crippen LogP contribution < -0.4 is 21.7 Å². The molecule has 0 saturated heterocycles. The van der Waals surface area contributed by atoms with E-state index in [0.717, 1.165) is 61.0 Å². The summed E-state index contributed by atoms with van der Waals surface area (Å²) in [7, 11) is 0. The van der Waals surface area contributed by atoms with Gasteiger partial charge in [-0.25, -0.2) is 29.9 Å². The van der Waals surface area contributed by atoms with E-state index in [2.05, 4.69) is 45.9 Å². The van der Waals surface area contributed by atoms with Gasteiger partial charge in [-0.3, -0.25) is 9.59 Å². The predicted octanol–water partition coefficient (Wildman–Crippen LogP) is 4.74. The van der Waals surface area contributed by atoms with Crippen molar-refractivity contribution in [3.05, 3.63) is 87.0 Å². The molecule has 0 atom stereocenters. The molecule has 4 heterocycles. The quantitative estimate of drug-likeness (QED) is 0.165. The third-order valence-electron chi connectivity index (χ3n) is 6.23. The molecule has 0 bridgehead atoms. The Labute approximate surface area is 275 Å². The van der Waals surface area contributed by atoms with Gasteiger partial charge < -0.3 is 21.7 Å². The molecule has 2 amide bonds. The van der Waals surface area contributed by atoms with E-state index in [9.17, 15) is 9.59 Å². The molecule has 4 aromatic rings. The van der Waals surface area contributed by atoms with Crippen LogP contribution in [0.25, 0.3) is 0 Å². The van der Waals surface area contributed by atoms with Gasteiger partial charge in [0.1, 0.15) is 22.6 Å². The lowest BCUT2D eigenvalue weighted by Gasteiger charge is -2.10. The number of pyridine rings is 2. The first-order valence-corrected chi connectivity index (χ1v) is 14.6. The normalized spacial score (nSPS) is 12.2. The summed E-state index contributed by atoms with van der Waals surface area (Å²) >= 11 is 17.4. The maximum absolute atomic E-state index is 11.9. The lowest BCUT2D eigenvalue weighted by atomic mass is 10.2. The van der Waals surface area contributed by atoms with Crippen LogP contribution >= 0.6 is 47.2 Å². The van der Waals surface area contributed by atoms with Gasteiger partial charge in [-0.15, -0.1) is 12.4 Å². The minimum absolute atomic E-state index is 0. The number of halogens is 4. The van der Waals surface area contributed by atoms with Crippen molar-refractivity contribution in [2.24, 2.45) is 5.73 Å². The first-order chi connectivity index (χ1) is 20.8. The average molecular weight is 680 g/mol. The van der Waals surface area contributed by atoms with Crippen molar-refractivity contribution in [3.63, 3.8) is 0 Å². The van der Waals surface area contributed by atoms with Crippen LogP contribution in [-0.2, 0) is 35.3 Å². The number of hydrogen-bond donors (Lipinski definition) is 4. The number of fused-ring (bicyclic) bond motifs is 2. The highest BCUT2D eigenvalue weighted by Gasteiger charge is 2.19. The number of amides is 2. The minimum atomic E-state index is -0.233. The molecule has 0 aromatic carbocycles.